The van der Waals surface area contributed by atoms with E-state index in [-0.39, 0.29) is 5.75 Å². The third-order valence-electron chi connectivity index (χ3n) is 2.68. The Bertz CT molecular complexity index is 684. The van der Waals surface area contributed by atoms with Crippen LogP contribution in [0.4, 0.5) is 0 Å². The van der Waals surface area contributed by atoms with Gasteiger partial charge in [0, 0.05) is 17.8 Å². The van der Waals surface area contributed by atoms with Crippen molar-refractivity contribution in [3.05, 3.63) is 35.7 Å². The number of benzene rings is 1. The molecule has 2 rings (SSSR count). The summed E-state index contributed by atoms with van der Waals surface area (Å²) in [6.07, 6.45) is 1.26. The van der Waals surface area contributed by atoms with Gasteiger partial charge in [0.1, 0.15) is 9.84 Å². The summed E-state index contributed by atoms with van der Waals surface area (Å²) in [5, 5.41) is 0. The summed E-state index contributed by atoms with van der Waals surface area (Å²) in [6.45, 7) is 1.94. The molecule has 0 aliphatic rings. The average Bonchev–Trinajstić information content (AvgIpc) is 2.33. The van der Waals surface area contributed by atoms with Crippen molar-refractivity contribution in [3.63, 3.8) is 0 Å². The highest BCUT2D eigenvalue weighted by atomic mass is 32.2. The molecule has 102 valence electrons. The maximum atomic E-state index is 11.0. The Kier molecular flexibility index (Phi) is 4.42. The summed E-state index contributed by atoms with van der Waals surface area (Å²) in [6, 6.07) is 7.76. The smallest absolute Gasteiger partial charge is 0.148 e. The first kappa shape index (κ1) is 14.3. The lowest BCUT2D eigenvalue weighted by Crippen LogP contribution is -2.05. The molecule has 6 heteroatoms. The highest BCUT2D eigenvalue weighted by Crippen LogP contribution is 2.17. The molecule has 0 N–H and O–H groups in total. The zero-order valence-electron chi connectivity index (χ0n) is 11.0. The summed E-state index contributed by atoms with van der Waals surface area (Å²) >= 11 is 1.57. The molecule has 0 spiro atoms. The number of fused-ring (bicyclic) bond motifs is 1. The highest BCUT2D eigenvalue weighted by Gasteiger charge is 2.06. The standard InChI is InChI=1S/C13H16N2O2S2/c1-10-13(9-18-7-8-19(2,16)17)15-12-6-4-3-5-11(12)14-10/h3-6H,7-9H2,1-2H3. The van der Waals surface area contributed by atoms with Gasteiger partial charge in [-0.05, 0) is 19.1 Å². The predicted octanol–water partition coefficient (Wildman–Crippen LogP) is 2.22. The van der Waals surface area contributed by atoms with E-state index >= 15 is 0 Å². The molecule has 0 saturated carbocycles. The van der Waals surface area contributed by atoms with Crippen molar-refractivity contribution in [2.75, 3.05) is 17.8 Å². The first-order valence-corrected chi connectivity index (χ1v) is 9.15. The monoisotopic (exact) mass is 296 g/mol. The van der Waals surface area contributed by atoms with Crippen molar-refractivity contribution in [3.8, 4) is 0 Å². The van der Waals surface area contributed by atoms with Gasteiger partial charge in [0.25, 0.3) is 0 Å². The molecular weight excluding hydrogens is 280 g/mol. The van der Waals surface area contributed by atoms with Gasteiger partial charge in [-0.25, -0.2) is 18.4 Å². The fourth-order valence-corrected chi connectivity index (χ4v) is 3.93. The summed E-state index contributed by atoms with van der Waals surface area (Å²) < 4.78 is 22.1. The fraction of sp³-hybridized carbons (Fsp3) is 0.385. The first-order chi connectivity index (χ1) is 8.96. The molecule has 0 saturated heterocycles. The second-order valence-electron chi connectivity index (χ2n) is 4.43. The molecule has 0 amide bonds. The maximum Gasteiger partial charge on any atom is 0.148 e. The molecule has 0 aliphatic heterocycles. The molecule has 2 aromatic rings. The van der Waals surface area contributed by atoms with E-state index in [1.807, 2.05) is 31.2 Å². The molecule has 0 unspecified atom stereocenters. The zero-order chi connectivity index (χ0) is 13.9. The van der Waals surface area contributed by atoms with Crippen LogP contribution in [0.2, 0.25) is 0 Å². The molecule has 0 aliphatic carbocycles. The third-order valence-corrected chi connectivity index (χ3v) is 4.85. The zero-order valence-corrected chi connectivity index (χ0v) is 12.6. The van der Waals surface area contributed by atoms with Crippen molar-refractivity contribution in [2.45, 2.75) is 12.7 Å². The van der Waals surface area contributed by atoms with Crippen molar-refractivity contribution >= 4 is 32.6 Å². The van der Waals surface area contributed by atoms with Crippen LogP contribution in [0.1, 0.15) is 11.4 Å². The van der Waals surface area contributed by atoms with Crippen molar-refractivity contribution in [1.29, 1.82) is 0 Å². The van der Waals surface area contributed by atoms with E-state index in [0.29, 0.717) is 11.5 Å². The summed E-state index contributed by atoms with van der Waals surface area (Å²) in [5.41, 5.74) is 3.61. The molecule has 0 radical (unpaired) electrons. The average molecular weight is 296 g/mol. The van der Waals surface area contributed by atoms with Crippen LogP contribution in [0.15, 0.2) is 24.3 Å². The van der Waals surface area contributed by atoms with Crippen molar-refractivity contribution in [2.24, 2.45) is 0 Å². The molecule has 1 aromatic heterocycles. The number of nitrogens with zero attached hydrogens (tertiary/aromatic N) is 2. The lowest BCUT2D eigenvalue weighted by molar-refractivity contribution is 0.603. The molecule has 0 fully saturated rings. The normalized spacial score (nSPS) is 11.9. The second kappa shape index (κ2) is 5.88. The fourth-order valence-electron chi connectivity index (χ4n) is 1.64. The van der Waals surface area contributed by atoms with Gasteiger partial charge in [-0.1, -0.05) is 12.1 Å². The Morgan fingerprint density at radius 3 is 2.42 bits per heavy atom. The lowest BCUT2D eigenvalue weighted by atomic mass is 10.2. The summed E-state index contributed by atoms with van der Waals surface area (Å²) in [7, 11) is -2.88. The molecule has 19 heavy (non-hydrogen) atoms. The van der Waals surface area contributed by atoms with E-state index in [0.717, 1.165) is 22.4 Å². The molecule has 0 atom stereocenters. The van der Waals surface area contributed by atoms with Crippen LogP contribution < -0.4 is 0 Å². The van der Waals surface area contributed by atoms with E-state index < -0.39 is 9.84 Å². The van der Waals surface area contributed by atoms with Crippen LogP contribution in [0.5, 0.6) is 0 Å². The SMILES string of the molecule is Cc1nc2ccccc2nc1CSCCS(C)(=O)=O. The molecule has 1 heterocycles. The molecule has 4 nitrogen and oxygen atoms in total. The molecular formula is C13H16N2O2S2. The Balaban J connectivity index is 2.06. The van der Waals surface area contributed by atoms with Crippen LogP contribution >= 0.6 is 11.8 Å². The minimum atomic E-state index is -2.88. The van der Waals surface area contributed by atoms with Gasteiger partial charge in [-0.15, -0.1) is 0 Å². The molecule has 1 aromatic carbocycles. The van der Waals surface area contributed by atoms with Crippen LogP contribution in [0.25, 0.3) is 11.0 Å². The van der Waals surface area contributed by atoms with Gasteiger partial charge < -0.3 is 0 Å². The number of aromatic nitrogens is 2. The Morgan fingerprint density at radius 2 is 1.79 bits per heavy atom. The topological polar surface area (TPSA) is 59.9 Å². The Morgan fingerprint density at radius 1 is 1.16 bits per heavy atom. The van der Waals surface area contributed by atoms with Gasteiger partial charge in [0.2, 0.25) is 0 Å². The van der Waals surface area contributed by atoms with Crippen molar-refractivity contribution in [1.82, 2.24) is 9.97 Å². The summed E-state index contributed by atoms with van der Waals surface area (Å²) in [4.78, 5) is 9.08. The number of para-hydroxylation sites is 2. The minimum absolute atomic E-state index is 0.206. The lowest BCUT2D eigenvalue weighted by Gasteiger charge is -2.06. The van der Waals surface area contributed by atoms with E-state index in [9.17, 15) is 8.42 Å². The summed E-state index contributed by atoms with van der Waals surface area (Å²) in [5.74, 6) is 1.49. The van der Waals surface area contributed by atoms with E-state index in [4.69, 9.17) is 0 Å². The first-order valence-electron chi connectivity index (χ1n) is 5.93. The van der Waals surface area contributed by atoms with Gasteiger partial charge in [-0.2, -0.15) is 11.8 Å². The second-order valence-corrected chi connectivity index (χ2v) is 7.79. The quantitative estimate of drug-likeness (QED) is 0.792. The predicted molar refractivity (Wildman–Crippen MR) is 80.1 cm³/mol. The van der Waals surface area contributed by atoms with Crippen LogP contribution in [0, 0.1) is 6.92 Å². The minimum Gasteiger partial charge on any atom is -0.250 e. The number of thioether (sulfide) groups is 1. The van der Waals surface area contributed by atoms with E-state index in [1.54, 1.807) is 11.8 Å². The number of sulfone groups is 1. The van der Waals surface area contributed by atoms with E-state index in [2.05, 4.69) is 9.97 Å². The third kappa shape index (κ3) is 4.18. The van der Waals surface area contributed by atoms with Gasteiger partial charge in [-0.3, -0.25) is 0 Å². The largest absolute Gasteiger partial charge is 0.250 e. The number of hydrogen-bond donors (Lipinski definition) is 0. The van der Waals surface area contributed by atoms with Crippen LogP contribution in [-0.4, -0.2) is 36.1 Å². The number of aryl methyl sites for hydroxylation is 1. The Hall–Kier alpha value is -1.14. The molecule has 0 bridgehead atoms. The number of hydrogen-bond acceptors (Lipinski definition) is 5. The van der Waals surface area contributed by atoms with Crippen LogP contribution in [0.3, 0.4) is 0 Å². The van der Waals surface area contributed by atoms with Crippen LogP contribution in [-0.2, 0) is 15.6 Å². The van der Waals surface area contributed by atoms with Gasteiger partial charge in [0.15, 0.2) is 0 Å². The van der Waals surface area contributed by atoms with Gasteiger partial charge in [0.05, 0.1) is 28.2 Å². The maximum absolute atomic E-state index is 11.0. The van der Waals surface area contributed by atoms with E-state index in [1.165, 1.54) is 6.26 Å². The Labute approximate surface area is 117 Å². The van der Waals surface area contributed by atoms with Crippen molar-refractivity contribution < 1.29 is 8.42 Å². The highest BCUT2D eigenvalue weighted by molar-refractivity contribution is 7.99. The number of rotatable bonds is 5. The van der Waals surface area contributed by atoms with Gasteiger partial charge >= 0.3 is 0 Å².